The first-order valence-corrected chi connectivity index (χ1v) is 7.73. The molecule has 0 aliphatic heterocycles. The van der Waals surface area contributed by atoms with Gasteiger partial charge in [0.15, 0.2) is 0 Å². The van der Waals surface area contributed by atoms with Gasteiger partial charge in [-0.1, -0.05) is 51.0 Å². The minimum Gasteiger partial charge on any atom is -0.324 e. The average molecular weight is 299 g/mol. The van der Waals surface area contributed by atoms with Crippen molar-refractivity contribution in [2.75, 3.05) is 0 Å². The second kappa shape index (κ2) is 6.39. The zero-order valence-electron chi connectivity index (χ0n) is 12.7. The van der Waals surface area contributed by atoms with Crippen molar-refractivity contribution in [3.05, 3.63) is 35.4 Å². The Morgan fingerprint density at radius 2 is 1.52 bits per heavy atom. The van der Waals surface area contributed by atoms with Gasteiger partial charge in [-0.2, -0.15) is 13.2 Å². The van der Waals surface area contributed by atoms with Crippen molar-refractivity contribution in [3.63, 3.8) is 0 Å². The summed E-state index contributed by atoms with van der Waals surface area (Å²) >= 11 is 0. The highest BCUT2D eigenvalue weighted by atomic mass is 19.4. The summed E-state index contributed by atoms with van der Waals surface area (Å²) in [5.74, 6) is -1.34. The van der Waals surface area contributed by atoms with E-state index in [1.165, 1.54) is 5.56 Å². The van der Waals surface area contributed by atoms with Gasteiger partial charge in [0.1, 0.15) is 0 Å². The Balaban J connectivity index is 2.18. The van der Waals surface area contributed by atoms with Crippen LogP contribution < -0.4 is 5.73 Å². The molecule has 0 heterocycles. The van der Waals surface area contributed by atoms with Crippen molar-refractivity contribution in [1.82, 2.24) is 0 Å². The molecule has 3 atom stereocenters. The van der Waals surface area contributed by atoms with E-state index in [0.29, 0.717) is 18.8 Å². The van der Waals surface area contributed by atoms with Crippen molar-refractivity contribution >= 4 is 0 Å². The van der Waals surface area contributed by atoms with Gasteiger partial charge in [0.05, 0.1) is 5.92 Å². The van der Waals surface area contributed by atoms with E-state index in [9.17, 15) is 13.2 Å². The summed E-state index contributed by atoms with van der Waals surface area (Å²) in [7, 11) is 0. The Labute approximate surface area is 124 Å². The average Bonchev–Trinajstić information content (AvgIpc) is 2.45. The third-order valence-corrected chi connectivity index (χ3v) is 4.69. The number of benzene rings is 1. The van der Waals surface area contributed by atoms with E-state index in [4.69, 9.17) is 5.73 Å². The first-order chi connectivity index (χ1) is 9.80. The molecule has 0 bridgehead atoms. The Kier molecular flexibility index (Phi) is 4.97. The van der Waals surface area contributed by atoms with Crippen LogP contribution in [-0.4, -0.2) is 6.18 Å². The molecule has 2 rings (SSSR count). The molecule has 0 spiro atoms. The third-order valence-electron chi connectivity index (χ3n) is 4.69. The molecule has 4 heteroatoms. The van der Waals surface area contributed by atoms with Crippen LogP contribution in [0.15, 0.2) is 24.3 Å². The molecule has 1 saturated carbocycles. The molecule has 1 fully saturated rings. The van der Waals surface area contributed by atoms with Crippen LogP contribution in [0, 0.1) is 11.8 Å². The van der Waals surface area contributed by atoms with Crippen LogP contribution in [0.4, 0.5) is 13.2 Å². The van der Waals surface area contributed by atoms with Crippen molar-refractivity contribution in [3.8, 4) is 0 Å². The Morgan fingerprint density at radius 1 is 1.00 bits per heavy atom. The molecule has 118 valence electrons. The minimum atomic E-state index is -4.14. The first kappa shape index (κ1) is 16.3. The van der Waals surface area contributed by atoms with Gasteiger partial charge in [0.2, 0.25) is 0 Å². The largest absolute Gasteiger partial charge is 0.392 e. The molecule has 21 heavy (non-hydrogen) atoms. The van der Waals surface area contributed by atoms with E-state index in [1.807, 2.05) is 24.3 Å². The maximum absolute atomic E-state index is 13.2. The maximum atomic E-state index is 13.2. The second-order valence-electron chi connectivity index (χ2n) is 6.44. The number of hydrogen-bond acceptors (Lipinski definition) is 1. The van der Waals surface area contributed by atoms with Gasteiger partial charge >= 0.3 is 6.18 Å². The highest BCUT2D eigenvalue weighted by Crippen LogP contribution is 2.45. The van der Waals surface area contributed by atoms with Gasteiger partial charge in [0, 0.05) is 6.04 Å². The summed E-state index contributed by atoms with van der Waals surface area (Å²) in [6.07, 6.45) is -1.86. The first-order valence-electron chi connectivity index (χ1n) is 7.73. The predicted molar refractivity (Wildman–Crippen MR) is 79.0 cm³/mol. The van der Waals surface area contributed by atoms with E-state index in [2.05, 4.69) is 13.8 Å². The van der Waals surface area contributed by atoms with Crippen LogP contribution in [-0.2, 0) is 0 Å². The van der Waals surface area contributed by atoms with Crippen LogP contribution >= 0.6 is 0 Å². The molecule has 0 aromatic heterocycles. The molecule has 2 N–H and O–H groups in total. The monoisotopic (exact) mass is 299 g/mol. The lowest BCUT2D eigenvalue weighted by atomic mass is 9.73. The fraction of sp³-hybridized carbons (Fsp3) is 0.647. The molecular formula is C17H24F3N. The van der Waals surface area contributed by atoms with E-state index in [-0.39, 0.29) is 6.42 Å². The molecular weight excluding hydrogens is 275 g/mol. The molecule has 3 unspecified atom stereocenters. The number of rotatable bonds is 3. The summed E-state index contributed by atoms with van der Waals surface area (Å²) < 4.78 is 39.5. The fourth-order valence-electron chi connectivity index (χ4n) is 3.35. The van der Waals surface area contributed by atoms with E-state index in [1.54, 1.807) is 0 Å². The summed E-state index contributed by atoms with van der Waals surface area (Å²) in [6, 6.07) is 7.21. The summed E-state index contributed by atoms with van der Waals surface area (Å²) in [5, 5.41) is 0. The Morgan fingerprint density at radius 3 is 2.05 bits per heavy atom. The normalized spacial score (nSPS) is 25.1. The number of nitrogens with two attached hydrogens (primary N) is 1. The molecule has 1 aromatic carbocycles. The van der Waals surface area contributed by atoms with Crippen molar-refractivity contribution in [2.24, 2.45) is 17.6 Å². The molecule has 1 aromatic rings. The van der Waals surface area contributed by atoms with Gasteiger partial charge in [-0.15, -0.1) is 0 Å². The molecule has 0 amide bonds. The zero-order chi connectivity index (χ0) is 15.6. The van der Waals surface area contributed by atoms with Crippen LogP contribution in [0.3, 0.4) is 0 Å². The lowest BCUT2D eigenvalue weighted by Gasteiger charge is -2.36. The van der Waals surface area contributed by atoms with Crippen molar-refractivity contribution < 1.29 is 13.2 Å². The minimum absolute atomic E-state index is 0.214. The highest BCUT2D eigenvalue weighted by Gasteiger charge is 2.47. The summed E-state index contributed by atoms with van der Waals surface area (Å²) in [5.41, 5.74) is 8.19. The van der Waals surface area contributed by atoms with Gasteiger partial charge < -0.3 is 5.73 Å². The smallest absolute Gasteiger partial charge is 0.324 e. The SMILES string of the molecule is CC(C)c1ccc(C(N)C2CCCCC2C(F)(F)F)cc1. The number of alkyl halides is 3. The molecule has 1 aliphatic carbocycles. The van der Waals surface area contributed by atoms with Gasteiger partial charge in [-0.3, -0.25) is 0 Å². The number of hydrogen-bond donors (Lipinski definition) is 1. The quantitative estimate of drug-likeness (QED) is 0.817. The summed E-state index contributed by atoms with van der Waals surface area (Å²) in [4.78, 5) is 0. The second-order valence-corrected chi connectivity index (χ2v) is 6.44. The topological polar surface area (TPSA) is 26.0 Å². The molecule has 1 nitrogen and oxygen atoms in total. The van der Waals surface area contributed by atoms with Crippen molar-refractivity contribution in [2.45, 2.75) is 57.7 Å². The zero-order valence-corrected chi connectivity index (χ0v) is 12.7. The highest BCUT2D eigenvalue weighted by molar-refractivity contribution is 5.27. The Bertz CT molecular complexity index is 450. The van der Waals surface area contributed by atoms with Crippen LogP contribution in [0.5, 0.6) is 0 Å². The molecule has 0 saturated heterocycles. The predicted octanol–water partition coefficient (Wildman–Crippen LogP) is 5.18. The van der Waals surface area contributed by atoms with Crippen LogP contribution in [0.25, 0.3) is 0 Å². The van der Waals surface area contributed by atoms with Crippen LogP contribution in [0.2, 0.25) is 0 Å². The van der Waals surface area contributed by atoms with Gasteiger partial charge in [-0.05, 0) is 35.8 Å². The fourth-order valence-corrected chi connectivity index (χ4v) is 3.35. The van der Waals surface area contributed by atoms with Gasteiger partial charge in [-0.25, -0.2) is 0 Å². The standard InChI is InChI=1S/C17H24F3N/c1-11(2)12-7-9-13(10-8-12)16(21)14-5-3-4-6-15(14)17(18,19)20/h7-11,14-16H,3-6,21H2,1-2H3. The van der Waals surface area contributed by atoms with E-state index in [0.717, 1.165) is 12.0 Å². The Hall–Kier alpha value is -1.03. The lowest BCUT2D eigenvalue weighted by Crippen LogP contribution is -2.38. The number of halogens is 3. The van der Waals surface area contributed by atoms with E-state index >= 15 is 0 Å². The van der Waals surface area contributed by atoms with E-state index < -0.39 is 24.1 Å². The van der Waals surface area contributed by atoms with Crippen molar-refractivity contribution in [1.29, 1.82) is 0 Å². The van der Waals surface area contributed by atoms with Gasteiger partial charge in [0.25, 0.3) is 0 Å². The maximum Gasteiger partial charge on any atom is 0.392 e. The van der Waals surface area contributed by atoms with Crippen LogP contribution in [0.1, 0.15) is 62.6 Å². The third kappa shape index (κ3) is 3.79. The summed E-state index contributed by atoms with van der Waals surface area (Å²) in [6.45, 7) is 4.19. The molecule has 1 aliphatic rings. The lowest BCUT2D eigenvalue weighted by molar-refractivity contribution is -0.198. The molecule has 0 radical (unpaired) electrons.